The molecule has 1 aromatic heterocycles. The molecule has 1 amide bonds. The van der Waals surface area contributed by atoms with Crippen molar-refractivity contribution in [3.8, 4) is 0 Å². The van der Waals surface area contributed by atoms with Gasteiger partial charge in [0, 0.05) is 19.6 Å². The zero-order valence-corrected chi connectivity index (χ0v) is 10.7. The Labute approximate surface area is 102 Å². The van der Waals surface area contributed by atoms with Crippen molar-refractivity contribution < 1.29 is 4.79 Å². The maximum Gasteiger partial charge on any atom is 0.274 e. The van der Waals surface area contributed by atoms with Gasteiger partial charge in [-0.3, -0.25) is 4.79 Å². The average molecular weight is 236 g/mol. The molecule has 1 rings (SSSR count). The Balaban J connectivity index is 2.69. The molecule has 5 heteroatoms. The summed E-state index contributed by atoms with van der Waals surface area (Å²) in [6.45, 7) is 8.22. The molecular weight excluding hydrogens is 216 g/mol. The van der Waals surface area contributed by atoms with Crippen LogP contribution in [0.3, 0.4) is 0 Å². The Morgan fingerprint density at radius 2 is 1.94 bits per heavy atom. The Morgan fingerprint density at radius 1 is 1.24 bits per heavy atom. The smallest absolute Gasteiger partial charge is 0.274 e. The highest BCUT2D eigenvalue weighted by molar-refractivity contribution is 5.92. The third kappa shape index (κ3) is 3.69. The number of amides is 1. The van der Waals surface area contributed by atoms with Crippen LogP contribution in [-0.4, -0.2) is 40.4 Å². The number of carbonyl (C=O) groups is 1. The van der Waals surface area contributed by atoms with Gasteiger partial charge in [0.2, 0.25) is 0 Å². The molecule has 0 atom stereocenters. The largest absolute Gasteiger partial charge is 0.369 e. The van der Waals surface area contributed by atoms with Gasteiger partial charge in [-0.05, 0) is 20.3 Å². The predicted octanol–water partition coefficient (Wildman–Crippen LogP) is 1.78. The summed E-state index contributed by atoms with van der Waals surface area (Å²) in [5.74, 6) is 0.646. The summed E-state index contributed by atoms with van der Waals surface area (Å²) < 4.78 is 0. The number of nitrogens with one attached hydrogen (secondary N) is 1. The van der Waals surface area contributed by atoms with Crippen LogP contribution in [0.4, 0.5) is 5.82 Å². The zero-order chi connectivity index (χ0) is 12.7. The molecule has 0 saturated heterocycles. The molecule has 0 saturated carbocycles. The van der Waals surface area contributed by atoms with E-state index in [4.69, 9.17) is 0 Å². The first-order valence-corrected chi connectivity index (χ1v) is 6.08. The first-order valence-electron chi connectivity index (χ1n) is 6.08. The van der Waals surface area contributed by atoms with Crippen LogP contribution >= 0.6 is 0 Å². The highest BCUT2D eigenvalue weighted by Gasteiger charge is 2.13. The molecule has 0 radical (unpaired) electrons. The first-order chi connectivity index (χ1) is 8.22. The van der Waals surface area contributed by atoms with Crippen LogP contribution in [0.1, 0.15) is 37.7 Å². The number of hydrogen-bond acceptors (Lipinski definition) is 4. The molecule has 1 aromatic rings. The third-order valence-corrected chi connectivity index (χ3v) is 2.48. The number of carbonyl (C=O) groups excluding carboxylic acids is 1. The van der Waals surface area contributed by atoms with Crippen LogP contribution in [0, 0.1) is 0 Å². The molecule has 0 aliphatic rings. The van der Waals surface area contributed by atoms with Gasteiger partial charge in [0.15, 0.2) is 0 Å². The minimum Gasteiger partial charge on any atom is -0.369 e. The fourth-order valence-corrected chi connectivity index (χ4v) is 1.46. The summed E-state index contributed by atoms with van der Waals surface area (Å²) in [7, 11) is 0. The van der Waals surface area contributed by atoms with Gasteiger partial charge in [-0.1, -0.05) is 6.92 Å². The monoisotopic (exact) mass is 236 g/mol. The van der Waals surface area contributed by atoms with E-state index in [1.54, 1.807) is 11.1 Å². The molecule has 0 spiro atoms. The van der Waals surface area contributed by atoms with Crippen LogP contribution in [0.25, 0.3) is 0 Å². The van der Waals surface area contributed by atoms with E-state index in [9.17, 15) is 4.79 Å². The first kappa shape index (κ1) is 13.4. The summed E-state index contributed by atoms with van der Waals surface area (Å²) in [6, 6.07) is 0. The Bertz CT molecular complexity index is 346. The standard InChI is InChI=1S/C12H20N4O/c1-4-7-13-11-9-14-10(8-15-11)12(17)16(5-2)6-3/h8-9H,4-7H2,1-3H3,(H,13,15). The van der Waals surface area contributed by atoms with E-state index in [2.05, 4.69) is 22.2 Å². The van der Waals surface area contributed by atoms with Gasteiger partial charge in [0.05, 0.1) is 12.4 Å². The summed E-state index contributed by atoms with van der Waals surface area (Å²) in [5, 5.41) is 3.12. The number of anilines is 1. The van der Waals surface area contributed by atoms with E-state index in [1.165, 1.54) is 6.20 Å². The number of rotatable bonds is 6. The lowest BCUT2D eigenvalue weighted by molar-refractivity contribution is 0.0766. The van der Waals surface area contributed by atoms with Gasteiger partial charge in [-0.2, -0.15) is 0 Å². The molecule has 0 bridgehead atoms. The van der Waals surface area contributed by atoms with Gasteiger partial charge in [-0.25, -0.2) is 9.97 Å². The third-order valence-electron chi connectivity index (χ3n) is 2.48. The second-order valence-corrected chi connectivity index (χ2v) is 3.69. The van der Waals surface area contributed by atoms with Gasteiger partial charge >= 0.3 is 0 Å². The molecule has 94 valence electrons. The molecule has 1 heterocycles. The number of hydrogen-bond donors (Lipinski definition) is 1. The van der Waals surface area contributed by atoms with Crippen molar-refractivity contribution in [3.63, 3.8) is 0 Å². The molecule has 0 aliphatic heterocycles. The van der Waals surface area contributed by atoms with Crippen molar-refractivity contribution in [2.24, 2.45) is 0 Å². The molecule has 0 unspecified atom stereocenters. The van der Waals surface area contributed by atoms with Gasteiger partial charge in [0.1, 0.15) is 11.5 Å². The van der Waals surface area contributed by atoms with Crippen molar-refractivity contribution in [3.05, 3.63) is 18.1 Å². The summed E-state index contributed by atoms with van der Waals surface area (Å²) in [5.41, 5.74) is 0.399. The van der Waals surface area contributed by atoms with Crippen molar-refractivity contribution in [2.45, 2.75) is 27.2 Å². The van der Waals surface area contributed by atoms with E-state index >= 15 is 0 Å². The maximum atomic E-state index is 11.9. The lowest BCUT2D eigenvalue weighted by Crippen LogP contribution is -2.31. The highest BCUT2D eigenvalue weighted by Crippen LogP contribution is 2.04. The molecule has 0 aromatic carbocycles. The van der Waals surface area contributed by atoms with Crippen molar-refractivity contribution in [1.29, 1.82) is 0 Å². The minimum atomic E-state index is -0.0652. The van der Waals surface area contributed by atoms with Crippen molar-refractivity contribution >= 4 is 11.7 Å². The van der Waals surface area contributed by atoms with E-state index in [-0.39, 0.29) is 5.91 Å². The fourth-order valence-electron chi connectivity index (χ4n) is 1.46. The van der Waals surface area contributed by atoms with E-state index < -0.39 is 0 Å². The fraction of sp³-hybridized carbons (Fsp3) is 0.583. The lowest BCUT2D eigenvalue weighted by atomic mass is 10.3. The molecule has 17 heavy (non-hydrogen) atoms. The Morgan fingerprint density at radius 3 is 2.41 bits per heavy atom. The Hall–Kier alpha value is -1.65. The van der Waals surface area contributed by atoms with Crippen molar-refractivity contribution in [1.82, 2.24) is 14.9 Å². The minimum absolute atomic E-state index is 0.0652. The quantitative estimate of drug-likeness (QED) is 0.818. The maximum absolute atomic E-state index is 11.9. The van der Waals surface area contributed by atoms with Crippen LogP contribution in [0.5, 0.6) is 0 Å². The van der Waals surface area contributed by atoms with Gasteiger partial charge < -0.3 is 10.2 Å². The Kier molecular flexibility index (Phi) is 5.39. The summed E-state index contributed by atoms with van der Waals surface area (Å²) >= 11 is 0. The lowest BCUT2D eigenvalue weighted by Gasteiger charge is -2.17. The summed E-state index contributed by atoms with van der Waals surface area (Å²) in [4.78, 5) is 22.0. The normalized spacial score (nSPS) is 10.1. The van der Waals surface area contributed by atoms with E-state index in [0.717, 1.165) is 13.0 Å². The van der Waals surface area contributed by atoms with Crippen LogP contribution in [0.15, 0.2) is 12.4 Å². The van der Waals surface area contributed by atoms with Gasteiger partial charge in [0.25, 0.3) is 5.91 Å². The molecule has 5 nitrogen and oxygen atoms in total. The predicted molar refractivity (Wildman–Crippen MR) is 68.1 cm³/mol. The second-order valence-electron chi connectivity index (χ2n) is 3.69. The summed E-state index contributed by atoms with van der Waals surface area (Å²) in [6.07, 6.45) is 4.16. The van der Waals surface area contributed by atoms with Crippen LogP contribution < -0.4 is 5.32 Å². The molecular formula is C12H20N4O. The number of aromatic nitrogens is 2. The van der Waals surface area contributed by atoms with Gasteiger partial charge in [-0.15, -0.1) is 0 Å². The van der Waals surface area contributed by atoms with Crippen LogP contribution in [0.2, 0.25) is 0 Å². The SMILES string of the molecule is CCCNc1cnc(C(=O)N(CC)CC)cn1. The molecule has 1 N–H and O–H groups in total. The average Bonchev–Trinajstić information content (AvgIpc) is 2.38. The zero-order valence-electron chi connectivity index (χ0n) is 10.7. The highest BCUT2D eigenvalue weighted by atomic mass is 16.2. The van der Waals surface area contributed by atoms with E-state index in [1.807, 2.05) is 13.8 Å². The molecule has 0 fully saturated rings. The van der Waals surface area contributed by atoms with E-state index in [0.29, 0.717) is 24.6 Å². The topological polar surface area (TPSA) is 58.1 Å². The van der Waals surface area contributed by atoms with Crippen molar-refractivity contribution in [2.75, 3.05) is 25.0 Å². The number of nitrogens with zero attached hydrogens (tertiary/aromatic N) is 3. The second kappa shape index (κ2) is 6.83. The van der Waals surface area contributed by atoms with Crippen LogP contribution in [-0.2, 0) is 0 Å². The molecule has 0 aliphatic carbocycles.